The van der Waals surface area contributed by atoms with E-state index in [0.29, 0.717) is 38.0 Å². The van der Waals surface area contributed by atoms with Gasteiger partial charge in [0.15, 0.2) is 0 Å². The largest absolute Gasteiger partial charge is 0.487 e. The second-order valence-corrected chi connectivity index (χ2v) is 7.06. The highest BCUT2D eigenvalue weighted by Gasteiger charge is 2.33. The van der Waals surface area contributed by atoms with E-state index < -0.39 is 0 Å². The van der Waals surface area contributed by atoms with Gasteiger partial charge in [-0.2, -0.15) is 0 Å². The molecule has 3 heterocycles. The van der Waals surface area contributed by atoms with Crippen molar-refractivity contribution >= 4 is 40.0 Å². The molecule has 0 atom stereocenters. The number of carbonyl (C=O) groups is 1. The third kappa shape index (κ3) is 2.45. The van der Waals surface area contributed by atoms with E-state index in [2.05, 4.69) is 4.98 Å². The number of para-hydroxylation sites is 1. The predicted octanol–water partition coefficient (Wildman–Crippen LogP) is 5.59. The number of pyridine rings is 1. The number of hydrogen-bond acceptors (Lipinski definition) is 3. The molecule has 0 fully saturated rings. The lowest BCUT2D eigenvalue weighted by molar-refractivity contribution is 0.0965. The smallest absolute Gasteiger partial charge is 0.268 e. The molecule has 0 saturated carbocycles. The van der Waals surface area contributed by atoms with E-state index in [0.717, 1.165) is 11.3 Å². The molecule has 4 aromatic rings. The van der Waals surface area contributed by atoms with Gasteiger partial charge in [-0.25, -0.2) is 4.98 Å². The van der Waals surface area contributed by atoms with E-state index in [1.807, 2.05) is 48.5 Å². The zero-order chi connectivity index (χ0) is 18.5. The minimum atomic E-state index is -0.159. The van der Waals surface area contributed by atoms with Crippen LogP contribution < -0.4 is 4.74 Å². The molecule has 0 amide bonds. The Kier molecular flexibility index (Phi) is 3.71. The quantitative estimate of drug-likeness (QED) is 0.400. The number of ether oxygens (including phenoxy) is 1. The van der Waals surface area contributed by atoms with E-state index in [1.165, 1.54) is 0 Å². The number of aromatic nitrogens is 2. The van der Waals surface area contributed by atoms with Crippen LogP contribution in [0.3, 0.4) is 0 Å². The van der Waals surface area contributed by atoms with Crippen LogP contribution in [0, 0.1) is 0 Å². The van der Waals surface area contributed by atoms with E-state index in [1.54, 1.807) is 16.8 Å². The molecule has 0 radical (unpaired) electrons. The molecule has 0 aliphatic carbocycles. The van der Waals surface area contributed by atoms with Crippen LogP contribution in [0.1, 0.15) is 15.9 Å². The third-order valence-corrected chi connectivity index (χ3v) is 5.35. The summed E-state index contributed by atoms with van der Waals surface area (Å²) in [5.41, 5.74) is 3.21. The average Bonchev–Trinajstić information content (AvgIpc) is 3.24. The number of carbonyl (C=O) groups excluding carboxylic acids is 1. The van der Waals surface area contributed by atoms with Gasteiger partial charge in [0.1, 0.15) is 23.6 Å². The molecule has 0 unspecified atom stereocenters. The molecular formula is C21H12Cl2N2O2. The number of benzene rings is 2. The standard InChI is InChI=1S/C21H12Cl2N2O2/c22-14-7-2-1-5-12(14)11-27-20-13-6-3-8-15(23)18(13)24-19-16-9-4-10-25(16)21(26)17(19)20/h1-10H,11H2. The van der Waals surface area contributed by atoms with Gasteiger partial charge in [0.05, 0.1) is 16.2 Å². The lowest BCUT2D eigenvalue weighted by Gasteiger charge is -2.14. The zero-order valence-corrected chi connectivity index (χ0v) is 15.5. The number of hydrogen-bond donors (Lipinski definition) is 0. The van der Waals surface area contributed by atoms with Gasteiger partial charge in [-0.05, 0) is 30.3 Å². The second-order valence-electron chi connectivity index (χ2n) is 6.25. The Morgan fingerprint density at radius 3 is 2.63 bits per heavy atom. The van der Waals surface area contributed by atoms with Crippen LogP contribution in [-0.2, 0) is 6.61 Å². The van der Waals surface area contributed by atoms with Crippen molar-refractivity contribution in [2.24, 2.45) is 0 Å². The van der Waals surface area contributed by atoms with Gasteiger partial charge in [0, 0.05) is 22.2 Å². The Hall–Kier alpha value is -2.82. The fraction of sp³-hybridized carbons (Fsp3) is 0.0476. The van der Waals surface area contributed by atoms with Crippen molar-refractivity contribution < 1.29 is 9.53 Å². The summed E-state index contributed by atoms with van der Waals surface area (Å²) in [6.07, 6.45) is 1.73. The van der Waals surface area contributed by atoms with E-state index in [9.17, 15) is 4.79 Å². The average molecular weight is 395 g/mol. The van der Waals surface area contributed by atoms with Crippen LogP contribution in [0.2, 0.25) is 10.0 Å². The summed E-state index contributed by atoms with van der Waals surface area (Å²) < 4.78 is 7.71. The summed E-state index contributed by atoms with van der Waals surface area (Å²) in [6, 6.07) is 16.6. The number of fused-ring (bicyclic) bond motifs is 4. The summed E-state index contributed by atoms with van der Waals surface area (Å²) in [5.74, 6) is 0.319. The number of rotatable bonds is 3. The van der Waals surface area contributed by atoms with Gasteiger partial charge in [0.25, 0.3) is 5.91 Å². The molecule has 6 heteroatoms. The van der Waals surface area contributed by atoms with Crippen molar-refractivity contribution in [3.05, 3.63) is 82.0 Å². The Morgan fingerprint density at radius 1 is 0.963 bits per heavy atom. The topological polar surface area (TPSA) is 44.1 Å². The molecule has 5 rings (SSSR count). The molecule has 0 N–H and O–H groups in total. The summed E-state index contributed by atoms with van der Waals surface area (Å²) in [6.45, 7) is 0.236. The maximum Gasteiger partial charge on any atom is 0.268 e. The molecule has 0 spiro atoms. The molecule has 2 aromatic carbocycles. The molecule has 1 aliphatic rings. The van der Waals surface area contributed by atoms with Gasteiger partial charge in [-0.1, -0.05) is 47.5 Å². The van der Waals surface area contributed by atoms with Crippen molar-refractivity contribution in [3.8, 4) is 17.1 Å². The molecule has 1 aliphatic heterocycles. The minimum Gasteiger partial charge on any atom is -0.487 e. The Bertz CT molecular complexity index is 1230. The van der Waals surface area contributed by atoms with Crippen molar-refractivity contribution in [1.82, 2.24) is 9.55 Å². The molecule has 2 aromatic heterocycles. The lowest BCUT2D eigenvalue weighted by Crippen LogP contribution is -2.08. The van der Waals surface area contributed by atoms with Crippen molar-refractivity contribution in [3.63, 3.8) is 0 Å². The van der Waals surface area contributed by atoms with Gasteiger partial charge in [-0.3, -0.25) is 9.36 Å². The first-order valence-corrected chi connectivity index (χ1v) is 9.11. The highest BCUT2D eigenvalue weighted by Crippen LogP contribution is 2.42. The predicted molar refractivity (Wildman–Crippen MR) is 106 cm³/mol. The minimum absolute atomic E-state index is 0.159. The first-order valence-electron chi connectivity index (χ1n) is 8.36. The SMILES string of the molecule is O=C1c2c(nc3c(Cl)cccc3c2OCc2ccccc2Cl)-c2cccn21. The van der Waals surface area contributed by atoms with Crippen molar-refractivity contribution in [2.45, 2.75) is 6.61 Å². The first-order chi connectivity index (χ1) is 13.1. The van der Waals surface area contributed by atoms with Crippen LogP contribution >= 0.6 is 23.2 Å². The summed E-state index contributed by atoms with van der Waals surface area (Å²) in [5, 5.41) is 1.82. The molecular weight excluding hydrogens is 383 g/mol. The molecule has 4 nitrogen and oxygen atoms in total. The lowest BCUT2D eigenvalue weighted by atomic mass is 10.1. The van der Waals surface area contributed by atoms with Crippen LogP contribution in [0.25, 0.3) is 22.3 Å². The van der Waals surface area contributed by atoms with Crippen LogP contribution in [0.15, 0.2) is 60.8 Å². The summed E-state index contributed by atoms with van der Waals surface area (Å²) in [4.78, 5) is 17.6. The van der Waals surface area contributed by atoms with Gasteiger partial charge < -0.3 is 4.74 Å². The number of nitrogens with zero attached hydrogens (tertiary/aromatic N) is 2. The Labute approximate surface area is 164 Å². The van der Waals surface area contributed by atoms with Crippen molar-refractivity contribution in [1.29, 1.82) is 0 Å². The Balaban J connectivity index is 1.72. The van der Waals surface area contributed by atoms with E-state index >= 15 is 0 Å². The maximum absolute atomic E-state index is 13.0. The fourth-order valence-corrected chi connectivity index (χ4v) is 3.80. The van der Waals surface area contributed by atoms with Gasteiger partial charge in [0.2, 0.25) is 0 Å². The highest BCUT2D eigenvalue weighted by atomic mass is 35.5. The van der Waals surface area contributed by atoms with Crippen molar-refractivity contribution in [2.75, 3.05) is 0 Å². The van der Waals surface area contributed by atoms with Crippen LogP contribution in [-0.4, -0.2) is 15.5 Å². The summed E-state index contributed by atoms with van der Waals surface area (Å²) in [7, 11) is 0. The first kappa shape index (κ1) is 16.4. The van der Waals surface area contributed by atoms with Crippen LogP contribution in [0.5, 0.6) is 5.75 Å². The summed E-state index contributed by atoms with van der Waals surface area (Å²) >= 11 is 12.6. The molecule has 0 saturated heterocycles. The molecule has 132 valence electrons. The maximum atomic E-state index is 13.0. The monoisotopic (exact) mass is 394 g/mol. The van der Waals surface area contributed by atoms with Gasteiger partial charge >= 0.3 is 0 Å². The Morgan fingerprint density at radius 2 is 1.78 bits per heavy atom. The van der Waals surface area contributed by atoms with E-state index in [-0.39, 0.29) is 12.5 Å². The highest BCUT2D eigenvalue weighted by molar-refractivity contribution is 6.35. The normalized spacial score (nSPS) is 12.3. The molecule has 27 heavy (non-hydrogen) atoms. The van der Waals surface area contributed by atoms with E-state index in [4.69, 9.17) is 27.9 Å². The fourth-order valence-electron chi connectivity index (χ4n) is 3.39. The number of halogens is 2. The zero-order valence-electron chi connectivity index (χ0n) is 13.9. The molecule has 0 bridgehead atoms. The third-order valence-electron chi connectivity index (χ3n) is 4.67. The van der Waals surface area contributed by atoms with Gasteiger partial charge in [-0.15, -0.1) is 0 Å². The van der Waals surface area contributed by atoms with Crippen LogP contribution in [0.4, 0.5) is 0 Å². The second kappa shape index (κ2) is 6.12.